The van der Waals surface area contributed by atoms with Gasteiger partial charge in [0, 0.05) is 38.3 Å². The van der Waals surface area contributed by atoms with Gasteiger partial charge in [-0.05, 0) is 41.0 Å². The number of carbonyl (C=O) groups excluding carboxylic acids is 4. The van der Waals surface area contributed by atoms with Crippen molar-refractivity contribution < 1.29 is 19.2 Å². The largest absolute Gasteiger partial charge is 0.380 e. The van der Waals surface area contributed by atoms with Crippen molar-refractivity contribution in [2.24, 2.45) is 11.3 Å². The monoisotopic (exact) mass is 488 g/mol. The zero-order valence-corrected chi connectivity index (χ0v) is 21.0. The van der Waals surface area contributed by atoms with E-state index < -0.39 is 23.8 Å². The minimum absolute atomic E-state index is 0.0971. The van der Waals surface area contributed by atoms with Crippen molar-refractivity contribution in [3.8, 4) is 0 Å². The number of rotatable bonds is 6. The van der Waals surface area contributed by atoms with Crippen LogP contribution in [0.5, 0.6) is 0 Å². The molecule has 2 fully saturated rings. The normalized spacial score (nSPS) is 20.9. The summed E-state index contributed by atoms with van der Waals surface area (Å²) < 4.78 is 0. The number of hydrogen-bond donors (Lipinski definition) is 2. The van der Waals surface area contributed by atoms with E-state index in [1.54, 1.807) is 18.2 Å². The summed E-state index contributed by atoms with van der Waals surface area (Å²) >= 11 is 0. The number of likely N-dealkylation sites (tertiary alicyclic amines) is 1. The van der Waals surface area contributed by atoms with Gasteiger partial charge in [-0.3, -0.25) is 34.3 Å². The van der Waals surface area contributed by atoms with E-state index in [0.717, 1.165) is 36.0 Å². The number of nitrogens with one attached hydrogen (secondary N) is 2. The Labute approximate surface area is 211 Å². The van der Waals surface area contributed by atoms with Crippen LogP contribution in [0.15, 0.2) is 42.5 Å². The van der Waals surface area contributed by atoms with Crippen molar-refractivity contribution in [1.29, 1.82) is 0 Å². The van der Waals surface area contributed by atoms with E-state index in [9.17, 15) is 19.2 Å². The molecule has 188 valence electrons. The van der Waals surface area contributed by atoms with Crippen LogP contribution in [-0.4, -0.2) is 52.6 Å². The number of carbonyl (C=O) groups is 4. The zero-order valence-electron chi connectivity index (χ0n) is 21.0. The van der Waals surface area contributed by atoms with Gasteiger partial charge in [0.25, 0.3) is 11.8 Å². The number of anilines is 1. The van der Waals surface area contributed by atoms with E-state index in [-0.39, 0.29) is 29.9 Å². The van der Waals surface area contributed by atoms with Gasteiger partial charge in [-0.25, -0.2) is 0 Å². The fraction of sp³-hybridized carbons (Fsp3) is 0.429. The Bertz CT molecular complexity index is 1230. The third-order valence-corrected chi connectivity index (χ3v) is 7.56. The first kappa shape index (κ1) is 24.2. The third kappa shape index (κ3) is 4.53. The van der Waals surface area contributed by atoms with Gasteiger partial charge >= 0.3 is 0 Å². The van der Waals surface area contributed by atoms with E-state index in [0.29, 0.717) is 17.6 Å². The van der Waals surface area contributed by atoms with Crippen molar-refractivity contribution in [1.82, 2.24) is 15.1 Å². The first-order valence-electron chi connectivity index (χ1n) is 12.5. The minimum atomic E-state index is -0.972. The van der Waals surface area contributed by atoms with E-state index >= 15 is 0 Å². The Morgan fingerprint density at radius 3 is 2.31 bits per heavy atom. The van der Waals surface area contributed by atoms with Crippen LogP contribution in [0.4, 0.5) is 5.69 Å². The molecule has 2 aromatic rings. The molecule has 3 heterocycles. The van der Waals surface area contributed by atoms with Crippen LogP contribution in [0.25, 0.3) is 0 Å². The second kappa shape index (κ2) is 9.17. The number of hydrogen-bond acceptors (Lipinski definition) is 6. The van der Waals surface area contributed by atoms with Crippen molar-refractivity contribution in [3.63, 3.8) is 0 Å². The summed E-state index contributed by atoms with van der Waals surface area (Å²) in [6.45, 7) is 10.6. The average molecular weight is 489 g/mol. The lowest BCUT2D eigenvalue weighted by atomic mass is 9.76. The molecule has 0 aromatic heterocycles. The van der Waals surface area contributed by atoms with Gasteiger partial charge < -0.3 is 5.32 Å². The highest BCUT2D eigenvalue weighted by Gasteiger charge is 2.45. The first-order chi connectivity index (χ1) is 17.1. The van der Waals surface area contributed by atoms with Crippen LogP contribution in [-0.2, 0) is 22.7 Å². The highest BCUT2D eigenvalue weighted by atomic mass is 16.2. The summed E-state index contributed by atoms with van der Waals surface area (Å²) in [6.07, 6.45) is 0.235. The highest BCUT2D eigenvalue weighted by Crippen LogP contribution is 2.35. The van der Waals surface area contributed by atoms with Crippen LogP contribution >= 0.6 is 0 Å². The van der Waals surface area contributed by atoms with E-state index in [1.807, 2.05) is 0 Å². The predicted octanol–water partition coefficient (Wildman–Crippen LogP) is 3.18. The second-order valence-corrected chi connectivity index (χ2v) is 11.1. The smallest absolute Gasteiger partial charge is 0.264 e. The van der Waals surface area contributed by atoms with Gasteiger partial charge in [-0.2, -0.15) is 0 Å². The Morgan fingerprint density at radius 2 is 1.64 bits per heavy atom. The summed E-state index contributed by atoms with van der Waals surface area (Å²) in [5.74, 6) is -1.26. The SMILES string of the molecule is CC(C)(C)C1CN(Cc2ccc(CNc3cccc4c3C(=O)N(C3CCC(=O)NC3=O)C4=O)cc2)C1. The predicted molar refractivity (Wildman–Crippen MR) is 135 cm³/mol. The number of piperidine rings is 1. The van der Waals surface area contributed by atoms with Crippen molar-refractivity contribution in [2.45, 2.75) is 52.7 Å². The molecule has 0 radical (unpaired) electrons. The Morgan fingerprint density at radius 1 is 0.944 bits per heavy atom. The highest BCUT2D eigenvalue weighted by molar-refractivity contribution is 6.25. The van der Waals surface area contributed by atoms with Crippen LogP contribution in [0.3, 0.4) is 0 Å². The lowest BCUT2D eigenvalue weighted by Crippen LogP contribution is -2.54. The Balaban J connectivity index is 1.23. The summed E-state index contributed by atoms with van der Waals surface area (Å²) in [4.78, 5) is 53.5. The topological polar surface area (TPSA) is 98.8 Å². The molecule has 2 N–H and O–H groups in total. The lowest BCUT2D eigenvalue weighted by molar-refractivity contribution is -0.136. The standard InChI is InChI=1S/C28H32N4O4/c1-28(2,3)19-15-31(16-19)14-18-9-7-17(8-10-18)13-29-21-6-4-5-20-24(21)27(36)32(26(20)35)22-11-12-23(33)30-25(22)34/h4-10,19,22,29H,11-16H2,1-3H3,(H,30,33,34). The Kier molecular flexibility index (Phi) is 6.16. The summed E-state index contributed by atoms with van der Waals surface area (Å²) in [5.41, 5.74) is 3.79. The molecular formula is C28H32N4O4. The van der Waals surface area contributed by atoms with Crippen LogP contribution in [0.1, 0.15) is 65.5 Å². The molecule has 0 spiro atoms. The number of benzene rings is 2. The number of imide groups is 2. The summed E-state index contributed by atoms with van der Waals surface area (Å²) in [5, 5.41) is 5.52. The minimum Gasteiger partial charge on any atom is -0.380 e. The first-order valence-corrected chi connectivity index (χ1v) is 12.5. The van der Waals surface area contributed by atoms with Gasteiger partial charge in [0.15, 0.2) is 0 Å². The van der Waals surface area contributed by atoms with Crippen molar-refractivity contribution in [2.75, 3.05) is 18.4 Å². The maximum atomic E-state index is 13.2. The molecule has 3 aliphatic rings. The molecule has 3 aliphatic heterocycles. The average Bonchev–Trinajstić information content (AvgIpc) is 3.05. The van der Waals surface area contributed by atoms with E-state index in [1.165, 1.54) is 5.56 Å². The zero-order chi connectivity index (χ0) is 25.6. The summed E-state index contributed by atoms with van der Waals surface area (Å²) in [7, 11) is 0. The number of fused-ring (bicyclic) bond motifs is 1. The Hall–Kier alpha value is -3.52. The van der Waals surface area contributed by atoms with Gasteiger partial charge in [-0.1, -0.05) is 51.1 Å². The molecule has 4 amide bonds. The van der Waals surface area contributed by atoms with Gasteiger partial charge in [-0.15, -0.1) is 0 Å². The molecule has 8 nitrogen and oxygen atoms in total. The number of nitrogens with zero attached hydrogens (tertiary/aromatic N) is 2. The molecule has 5 rings (SSSR count). The summed E-state index contributed by atoms with van der Waals surface area (Å²) in [6, 6.07) is 12.5. The van der Waals surface area contributed by atoms with Crippen molar-refractivity contribution >= 4 is 29.3 Å². The fourth-order valence-corrected chi connectivity index (χ4v) is 5.13. The van der Waals surface area contributed by atoms with E-state index in [4.69, 9.17) is 0 Å². The molecule has 2 aromatic carbocycles. The molecule has 2 saturated heterocycles. The van der Waals surface area contributed by atoms with Crippen LogP contribution in [0, 0.1) is 11.3 Å². The van der Waals surface area contributed by atoms with Gasteiger partial charge in [0.1, 0.15) is 6.04 Å². The molecule has 8 heteroatoms. The molecule has 1 atom stereocenters. The maximum absolute atomic E-state index is 13.2. The maximum Gasteiger partial charge on any atom is 0.264 e. The van der Waals surface area contributed by atoms with Crippen LogP contribution in [0.2, 0.25) is 0 Å². The van der Waals surface area contributed by atoms with Gasteiger partial charge in [0.05, 0.1) is 11.1 Å². The lowest BCUT2D eigenvalue weighted by Gasteiger charge is -2.46. The molecule has 36 heavy (non-hydrogen) atoms. The molecule has 1 unspecified atom stereocenters. The molecule has 0 saturated carbocycles. The van der Waals surface area contributed by atoms with E-state index in [2.05, 4.69) is 60.6 Å². The molecular weight excluding hydrogens is 456 g/mol. The quantitative estimate of drug-likeness (QED) is 0.606. The second-order valence-electron chi connectivity index (χ2n) is 11.1. The molecule has 0 aliphatic carbocycles. The van der Waals surface area contributed by atoms with Crippen molar-refractivity contribution in [3.05, 3.63) is 64.7 Å². The molecule has 0 bridgehead atoms. The van der Waals surface area contributed by atoms with Crippen LogP contribution < -0.4 is 10.6 Å². The third-order valence-electron chi connectivity index (χ3n) is 7.56. The van der Waals surface area contributed by atoms with Gasteiger partial charge in [0.2, 0.25) is 11.8 Å². The fourth-order valence-electron chi connectivity index (χ4n) is 5.13. The number of amides is 4.